The van der Waals surface area contributed by atoms with Crippen molar-refractivity contribution < 1.29 is 14.2 Å². The summed E-state index contributed by atoms with van der Waals surface area (Å²) >= 11 is 0. The molecule has 0 radical (unpaired) electrons. The maximum Gasteiger partial charge on any atom is 0.191 e. The van der Waals surface area contributed by atoms with Gasteiger partial charge in [0, 0.05) is 7.05 Å². The van der Waals surface area contributed by atoms with Gasteiger partial charge < -0.3 is 24.8 Å². The van der Waals surface area contributed by atoms with Crippen molar-refractivity contribution in [3.63, 3.8) is 0 Å². The van der Waals surface area contributed by atoms with Crippen molar-refractivity contribution in [2.45, 2.75) is 0 Å². The van der Waals surface area contributed by atoms with Crippen LogP contribution in [0.1, 0.15) is 0 Å². The van der Waals surface area contributed by atoms with Crippen molar-refractivity contribution in [1.29, 1.82) is 0 Å². The van der Waals surface area contributed by atoms with Crippen LogP contribution in [0.5, 0.6) is 17.2 Å². The Balaban J connectivity index is 1.58. The quantitative estimate of drug-likeness (QED) is 0.416. The highest BCUT2D eigenvalue weighted by Gasteiger charge is 1.99. The topological polar surface area (TPSA) is 64.1 Å². The Morgan fingerprint density at radius 1 is 0.800 bits per heavy atom. The lowest BCUT2D eigenvalue weighted by Gasteiger charge is -2.13. The molecule has 6 heteroatoms. The number of aliphatic imine (C=N–C) groups is 1. The lowest BCUT2D eigenvalue weighted by atomic mass is 10.3. The third kappa shape index (κ3) is 7.03. The van der Waals surface area contributed by atoms with Gasteiger partial charge in [-0.05, 0) is 36.4 Å². The van der Waals surface area contributed by atoms with Gasteiger partial charge in [-0.15, -0.1) is 0 Å². The molecule has 0 bridgehead atoms. The van der Waals surface area contributed by atoms with Crippen LogP contribution in [0.15, 0.2) is 59.6 Å². The maximum absolute atomic E-state index is 5.66. The minimum absolute atomic E-state index is 0.535. The molecule has 0 aliphatic carbocycles. The van der Waals surface area contributed by atoms with Crippen LogP contribution in [0.25, 0.3) is 0 Å². The Bertz CT molecular complexity index is 630. The largest absolute Gasteiger partial charge is 0.497 e. The molecule has 25 heavy (non-hydrogen) atoms. The molecule has 0 saturated heterocycles. The molecule has 0 atom stereocenters. The highest BCUT2D eigenvalue weighted by molar-refractivity contribution is 5.79. The number of guanidine groups is 1. The molecule has 0 fully saturated rings. The first-order valence-corrected chi connectivity index (χ1v) is 8.21. The van der Waals surface area contributed by atoms with Crippen molar-refractivity contribution in [3.8, 4) is 17.2 Å². The van der Waals surface area contributed by atoms with Crippen LogP contribution in [0.4, 0.5) is 0 Å². The van der Waals surface area contributed by atoms with Crippen LogP contribution in [0.2, 0.25) is 0 Å². The average Bonchev–Trinajstić information content (AvgIpc) is 2.68. The van der Waals surface area contributed by atoms with Gasteiger partial charge in [0.15, 0.2) is 5.96 Å². The number of rotatable bonds is 9. The van der Waals surface area contributed by atoms with Crippen LogP contribution >= 0.6 is 0 Å². The van der Waals surface area contributed by atoms with Crippen molar-refractivity contribution in [1.82, 2.24) is 10.6 Å². The molecule has 0 aliphatic heterocycles. The van der Waals surface area contributed by atoms with E-state index in [0.29, 0.717) is 26.3 Å². The molecule has 6 nitrogen and oxygen atoms in total. The van der Waals surface area contributed by atoms with E-state index in [1.807, 2.05) is 54.6 Å². The second-order valence-corrected chi connectivity index (χ2v) is 5.11. The van der Waals surface area contributed by atoms with Gasteiger partial charge in [-0.1, -0.05) is 18.2 Å². The lowest BCUT2D eigenvalue weighted by molar-refractivity contribution is 0.316. The Labute approximate surface area is 148 Å². The summed E-state index contributed by atoms with van der Waals surface area (Å²) in [6.45, 7) is 2.40. The molecule has 0 aromatic heterocycles. The first kappa shape index (κ1) is 18.4. The van der Waals surface area contributed by atoms with Crippen LogP contribution in [0.3, 0.4) is 0 Å². The molecule has 2 rings (SSSR count). The van der Waals surface area contributed by atoms with Gasteiger partial charge in [0.05, 0.1) is 20.2 Å². The van der Waals surface area contributed by atoms with Gasteiger partial charge in [0.1, 0.15) is 30.5 Å². The predicted molar refractivity (Wildman–Crippen MR) is 99.8 cm³/mol. The van der Waals surface area contributed by atoms with Crippen LogP contribution in [-0.2, 0) is 0 Å². The van der Waals surface area contributed by atoms with E-state index in [2.05, 4.69) is 15.6 Å². The highest BCUT2D eigenvalue weighted by Crippen LogP contribution is 2.16. The lowest BCUT2D eigenvalue weighted by Crippen LogP contribution is -2.40. The molecule has 2 aromatic carbocycles. The Morgan fingerprint density at radius 3 is 1.84 bits per heavy atom. The van der Waals surface area contributed by atoms with E-state index >= 15 is 0 Å². The molecule has 0 aliphatic rings. The second-order valence-electron chi connectivity index (χ2n) is 5.11. The Morgan fingerprint density at radius 2 is 1.32 bits per heavy atom. The smallest absolute Gasteiger partial charge is 0.191 e. The van der Waals surface area contributed by atoms with E-state index in [1.165, 1.54) is 0 Å². The minimum atomic E-state index is 0.535. The number of benzene rings is 2. The van der Waals surface area contributed by atoms with Crippen LogP contribution in [-0.4, -0.2) is 46.4 Å². The third-order valence-electron chi connectivity index (χ3n) is 3.35. The maximum atomic E-state index is 5.66. The molecule has 2 N–H and O–H groups in total. The summed E-state index contributed by atoms with van der Waals surface area (Å²) in [4.78, 5) is 4.17. The fraction of sp³-hybridized carbons (Fsp3) is 0.316. The van der Waals surface area contributed by atoms with Gasteiger partial charge in [-0.25, -0.2) is 0 Å². The molecule has 0 saturated carbocycles. The summed E-state index contributed by atoms with van der Waals surface area (Å²) in [7, 11) is 3.38. The fourth-order valence-electron chi connectivity index (χ4n) is 2.09. The van der Waals surface area contributed by atoms with E-state index in [0.717, 1.165) is 23.2 Å². The summed E-state index contributed by atoms with van der Waals surface area (Å²) in [6.07, 6.45) is 0. The number of hydrogen-bond acceptors (Lipinski definition) is 4. The molecule has 134 valence electrons. The van der Waals surface area contributed by atoms with E-state index in [4.69, 9.17) is 14.2 Å². The zero-order chi connectivity index (χ0) is 17.7. The molecule has 0 heterocycles. The zero-order valence-electron chi connectivity index (χ0n) is 14.7. The molecule has 2 aromatic rings. The van der Waals surface area contributed by atoms with Crippen molar-refractivity contribution in [2.75, 3.05) is 40.5 Å². The monoisotopic (exact) mass is 343 g/mol. The summed E-state index contributed by atoms with van der Waals surface area (Å²) < 4.78 is 16.4. The third-order valence-corrected chi connectivity index (χ3v) is 3.35. The molecule has 0 spiro atoms. The number of ether oxygens (including phenoxy) is 3. The zero-order valence-corrected chi connectivity index (χ0v) is 14.7. The summed E-state index contributed by atoms with van der Waals surface area (Å²) in [5.74, 6) is 3.20. The van der Waals surface area contributed by atoms with Crippen LogP contribution < -0.4 is 24.8 Å². The van der Waals surface area contributed by atoms with E-state index in [-0.39, 0.29) is 0 Å². The highest BCUT2D eigenvalue weighted by atomic mass is 16.5. The summed E-state index contributed by atoms with van der Waals surface area (Å²) in [6, 6.07) is 17.2. The van der Waals surface area contributed by atoms with Gasteiger partial charge in [-0.3, -0.25) is 4.99 Å². The SMILES string of the molecule is CN=C(NCCOc1ccccc1)NCCOc1ccc(OC)cc1. The molecular weight excluding hydrogens is 318 g/mol. The van der Waals surface area contributed by atoms with Gasteiger partial charge in [0.25, 0.3) is 0 Å². The van der Waals surface area contributed by atoms with Crippen molar-refractivity contribution >= 4 is 5.96 Å². The van der Waals surface area contributed by atoms with E-state index in [9.17, 15) is 0 Å². The van der Waals surface area contributed by atoms with Gasteiger partial charge >= 0.3 is 0 Å². The van der Waals surface area contributed by atoms with Gasteiger partial charge in [0.2, 0.25) is 0 Å². The summed E-state index contributed by atoms with van der Waals surface area (Å²) in [5.41, 5.74) is 0. The normalized spacial score (nSPS) is 10.9. The first-order valence-electron chi connectivity index (χ1n) is 8.21. The Hall–Kier alpha value is -2.89. The molecular formula is C19H25N3O3. The first-order chi connectivity index (χ1) is 12.3. The number of nitrogens with zero attached hydrogens (tertiary/aromatic N) is 1. The molecule has 0 unspecified atom stereocenters. The number of para-hydroxylation sites is 1. The predicted octanol–water partition coefficient (Wildman–Crippen LogP) is 2.32. The van der Waals surface area contributed by atoms with E-state index < -0.39 is 0 Å². The summed E-state index contributed by atoms with van der Waals surface area (Å²) in [5, 5.41) is 6.39. The molecule has 0 amide bonds. The van der Waals surface area contributed by atoms with Gasteiger partial charge in [-0.2, -0.15) is 0 Å². The standard InChI is InChI=1S/C19H25N3O3/c1-20-19(21-12-14-24-17-6-4-3-5-7-17)22-13-15-25-18-10-8-16(23-2)9-11-18/h3-11H,12-15H2,1-2H3,(H2,20,21,22). The number of nitrogens with one attached hydrogen (secondary N) is 2. The Kier molecular flexibility index (Phi) is 7.97. The van der Waals surface area contributed by atoms with Crippen LogP contribution in [0, 0.1) is 0 Å². The number of hydrogen-bond donors (Lipinski definition) is 2. The fourth-order valence-corrected chi connectivity index (χ4v) is 2.09. The van der Waals surface area contributed by atoms with Crippen molar-refractivity contribution in [2.24, 2.45) is 4.99 Å². The van der Waals surface area contributed by atoms with E-state index in [1.54, 1.807) is 14.2 Å². The number of methoxy groups -OCH3 is 1. The minimum Gasteiger partial charge on any atom is -0.497 e. The second kappa shape index (κ2) is 10.8. The van der Waals surface area contributed by atoms with Crippen molar-refractivity contribution in [3.05, 3.63) is 54.6 Å². The average molecular weight is 343 g/mol.